The van der Waals surface area contributed by atoms with Gasteiger partial charge in [-0.2, -0.15) is 18.3 Å². The van der Waals surface area contributed by atoms with Gasteiger partial charge in [0.15, 0.2) is 11.4 Å². The van der Waals surface area contributed by atoms with Crippen LogP contribution < -0.4 is 20.9 Å². The maximum absolute atomic E-state index is 14.2. The van der Waals surface area contributed by atoms with E-state index in [1.807, 2.05) is 0 Å². The van der Waals surface area contributed by atoms with Crippen molar-refractivity contribution in [3.63, 3.8) is 0 Å². The first-order valence-corrected chi connectivity index (χ1v) is 16.4. The molecule has 3 amide bonds. The molecule has 0 radical (unpaired) electrons. The van der Waals surface area contributed by atoms with Gasteiger partial charge in [-0.05, 0) is 78.4 Å². The van der Waals surface area contributed by atoms with E-state index in [0.717, 1.165) is 18.4 Å². The van der Waals surface area contributed by atoms with Gasteiger partial charge < -0.3 is 34.2 Å². The van der Waals surface area contributed by atoms with E-state index in [0.29, 0.717) is 13.2 Å². The molecule has 0 saturated carbocycles. The number of carbonyl (C=O) groups excluding carboxylic acids is 3. The Hall–Kier alpha value is -4.54. The van der Waals surface area contributed by atoms with Crippen LogP contribution in [0.2, 0.25) is 0 Å². The largest absolute Gasteiger partial charge is 0.444 e. The zero-order valence-corrected chi connectivity index (χ0v) is 29.2. The lowest BCUT2D eigenvalue weighted by atomic mass is 9.93. The molecule has 2 aliphatic heterocycles. The molecule has 3 N–H and O–H groups in total. The van der Waals surface area contributed by atoms with Crippen LogP contribution in [0.5, 0.6) is 0 Å². The second-order valence-electron chi connectivity index (χ2n) is 14.6. The van der Waals surface area contributed by atoms with Crippen LogP contribution in [0, 0.1) is 5.92 Å². The zero-order valence-electron chi connectivity index (χ0n) is 29.2. The second kappa shape index (κ2) is 14.0. The van der Waals surface area contributed by atoms with Gasteiger partial charge in [0.2, 0.25) is 5.88 Å². The van der Waals surface area contributed by atoms with E-state index in [-0.39, 0.29) is 52.9 Å². The van der Waals surface area contributed by atoms with E-state index >= 15 is 0 Å². The molecule has 2 aliphatic rings. The molecule has 17 heteroatoms. The molecule has 14 nitrogen and oxygen atoms in total. The number of hydrogen-bond acceptors (Lipinski definition) is 10. The highest BCUT2D eigenvalue weighted by Crippen LogP contribution is 2.38. The Bertz CT molecular complexity index is 1720. The number of alkyl carbamates (subject to hydrolysis) is 1. The minimum Gasteiger partial charge on any atom is -0.444 e. The maximum Gasteiger partial charge on any atom is 0.414 e. The van der Waals surface area contributed by atoms with Crippen LogP contribution in [-0.4, -0.2) is 82.6 Å². The average molecular weight is 708 g/mol. The Morgan fingerprint density at radius 2 is 1.60 bits per heavy atom. The summed E-state index contributed by atoms with van der Waals surface area (Å²) in [4.78, 5) is 45.3. The number of aromatic nitrogens is 3. The van der Waals surface area contributed by atoms with E-state index in [4.69, 9.17) is 18.6 Å². The number of piperidine rings is 1. The second-order valence-corrected chi connectivity index (χ2v) is 14.6. The van der Waals surface area contributed by atoms with Gasteiger partial charge in [-0.25, -0.2) is 9.59 Å². The number of pyridine rings is 1. The fourth-order valence-corrected chi connectivity index (χ4v) is 6.11. The summed E-state index contributed by atoms with van der Waals surface area (Å²) in [5.41, 5.74) is -0.432. The van der Waals surface area contributed by atoms with Gasteiger partial charge in [-0.3, -0.25) is 19.8 Å². The lowest BCUT2D eigenvalue weighted by Gasteiger charge is -2.40. The quantitative estimate of drug-likeness (QED) is 0.264. The number of hydrogen-bond donors (Lipinski definition) is 3. The van der Waals surface area contributed by atoms with Crippen LogP contribution >= 0.6 is 0 Å². The maximum atomic E-state index is 14.2. The topological polar surface area (TPSA) is 162 Å². The van der Waals surface area contributed by atoms with E-state index < -0.39 is 54.0 Å². The molecule has 2 fully saturated rings. The molecule has 2 atom stereocenters. The number of nitrogens with zero attached hydrogens (tertiary/aromatic N) is 4. The first-order chi connectivity index (χ1) is 23.3. The van der Waals surface area contributed by atoms with E-state index in [2.05, 4.69) is 26.0 Å². The van der Waals surface area contributed by atoms with Crippen LogP contribution in [0.3, 0.4) is 0 Å². The van der Waals surface area contributed by atoms with E-state index in [1.54, 1.807) is 53.8 Å². The summed E-state index contributed by atoms with van der Waals surface area (Å²) in [7, 11) is 1.53. The fraction of sp³-hybridized carbons (Fsp3) is 0.606. The number of rotatable bonds is 6. The molecule has 3 aromatic rings. The number of anilines is 3. The number of alkyl halides is 3. The molecule has 274 valence electrons. The predicted octanol–water partition coefficient (Wildman–Crippen LogP) is 6.34. The van der Waals surface area contributed by atoms with Gasteiger partial charge >= 0.3 is 18.4 Å². The Labute approximate surface area is 287 Å². The molecule has 50 heavy (non-hydrogen) atoms. The van der Waals surface area contributed by atoms with Crippen LogP contribution in [0.1, 0.15) is 82.6 Å². The molecule has 0 bridgehead atoms. The highest BCUT2D eigenvalue weighted by Gasteiger charge is 2.46. The summed E-state index contributed by atoms with van der Waals surface area (Å²) >= 11 is 0. The Morgan fingerprint density at radius 1 is 0.940 bits per heavy atom. The van der Waals surface area contributed by atoms with Crippen molar-refractivity contribution in [3.05, 3.63) is 29.6 Å². The number of aryl methyl sites for hydroxylation is 1. The molecule has 2 saturated heterocycles. The van der Waals surface area contributed by atoms with E-state index in [1.165, 1.54) is 22.8 Å². The number of ether oxygens (including phenoxy) is 3. The van der Waals surface area contributed by atoms with Gasteiger partial charge in [0.1, 0.15) is 28.0 Å². The van der Waals surface area contributed by atoms with Crippen molar-refractivity contribution in [2.24, 2.45) is 13.0 Å². The van der Waals surface area contributed by atoms with Crippen molar-refractivity contribution < 1.29 is 46.2 Å². The van der Waals surface area contributed by atoms with Gasteiger partial charge in [0, 0.05) is 39.5 Å². The van der Waals surface area contributed by atoms with Crippen LogP contribution in [0.4, 0.5) is 40.1 Å². The zero-order chi connectivity index (χ0) is 36.6. The summed E-state index contributed by atoms with van der Waals surface area (Å²) in [6.45, 7) is 10.7. The fourth-order valence-electron chi connectivity index (χ4n) is 6.11. The van der Waals surface area contributed by atoms with Crippen molar-refractivity contribution >= 4 is 46.6 Å². The van der Waals surface area contributed by atoms with Crippen molar-refractivity contribution in [2.75, 3.05) is 41.8 Å². The molecular formula is C33H44F3N7O7. The highest BCUT2D eigenvalue weighted by molar-refractivity contribution is 6.16. The number of fused-ring (bicyclic) bond motifs is 1. The summed E-state index contributed by atoms with van der Waals surface area (Å²) in [6, 6.07) is 0.841. The SMILES string of the molecule is Cn1ncc(NC(=O)c2c(NC(=O)OC(C)(C)C)oc3cc(C4CCOCC4)cnc23)c1N1C[C@@H](NC(=O)OC(C)(C)C)C[C@@H](C(F)(F)F)C1. The first-order valence-electron chi connectivity index (χ1n) is 16.4. The third-order valence-corrected chi connectivity index (χ3v) is 8.17. The van der Waals surface area contributed by atoms with Gasteiger partial charge in [0.05, 0.1) is 18.2 Å². The van der Waals surface area contributed by atoms with Crippen molar-refractivity contribution in [1.82, 2.24) is 20.1 Å². The Balaban J connectivity index is 1.46. The number of furan rings is 1. The molecule has 5 heterocycles. The molecule has 0 aliphatic carbocycles. The minimum atomic E-state index is -4.57. The van der Waals surface area contributed by atoms with Crippen molar-refractivity contribution in [1.29, 1.82) is 0 Å². The Morgan fingerprint density at radius 3 is 2.24 bits per heavy atom. The Kier molecular flexibility index (Phi) is 10.3. The monoisotopic (exact) mass is 707 g/mol. The number of halogens is 3. The summed E-state index contributed by atoms with van der Waals surface area (Å²) in [6.07, 6.45) is -2.11. The molecule has 3 aromatic heterocycles. The predicted molar refractivity (Wildman–Crippen MR) is 177 cm³/mol. The number of nitrogens with one attached hydrogen (secondary N) is 3. The third-order valence-electron chi connectivity index (χ3n) is 8.17. The summed E-state index contributed by atoms with van der Waals surface area (Å²) < 4.78 is 65.9. The van der Waals surface area contributed by atoms with Crippen LogP contribution in [0.25, 0.3) is 11.1 Å². The van der Waals surface area contributed by atoms with E-state index in [9.17, 15) is 27.6 Å². The molecule has 0 unspecified atom stereocenters. The normalized spacial score (nSPS) is 19.3. The highest BCUT2D eigenvalue weighted by atomic mass is 19.4. The number of amides is 3. The standard InChI is InChI=1S/C33H44F3N7O7/c1-31(2,3)49-29(45)39-21-13-20(33(34,35)36)16-43(17-21)28-22(15-38-42(28)7)40-26(44)24-25-23(48-27(24)41-30(46)50-32(4,5)6)12-19(14-37-25)18-8-10-47-11-9-18/h12,14-15,18,20-21H,8-11,13,16-17H2,1-7H3,(H,39,45)(H,40,44)(H,41,46)/t20-,21+/m1/s1. The van der Waals surface area contributed by atoms with Crippen molar-refractivity contribution in [3.8, 4) is 0 Å². The van der Waals surface area contributed by atoms with Gasteiger partial charge in [-0.1, -0.05) is 0 Å². The van der Waals surface area contributed by atoms with Gasteiger partial charge in [-0.15, -0.1) is 0 Å². The van der Waals surface area contributed by atoms with Crippen molar-refractivity contribution in [2.45, 2.75) is 90.1 Å². The molecule has 0 aromatic carbocycles. The summed E-state index contributed by atoms with van der Waals surface area (Å²) in [5, 5.41) is 12.0. The average Bonchev–Trinajstić information content (AvgIpc) is 3.53. The molecule has 5 rings (SSSR count). The lowest BCUT2D eigenvalue weighted by Crippen LogP contribution is -2.55. The third kappa shape index (κ3) is 8.97. The smallest absolute Gasteiger partial charge is 0.414 e. The van der Waals surface area contributed by atoms with Crippen LogP contribution in [-0.2, 0) is 21.3 Å². The minimum absolute atomic E-state index is 0.0230. The first kappa shape index (κ1) is 36.7. The summed E-state index contributed by atoms with van der Waals surface area (Å²) in [5.74, 6) is -2.44. The molecule has 0 spiro atoms. The molecular weight excluding hydrogens is 663 g/mol. The van der Waals surface area contributed by atoms with Crippen LogP contribution in [0.15, 0.2) is 22.9 Å². The lowest BCUT2D eigenvalue weighted by molar-refractivity contribution is -0.177. The number of carbonyl (C=O) groups is 3. The van der Waals surface area contributed by atoms with Gasteiger partial charge in [0.25, 0.3) is 5.91 Å².